The second-order valence-electron chi connectivity index (χ2n) is 15.0. The van der Waals surface area contributed by atoms with E-state index >= 15 is 0 Å². The van der Waals surface area contributed by atoms with Gasteiger partial charge in [0, 0.05) is 43.5 Å². The largest absolute Gasteiger partial charge is 0.504 e. The minimum absolute atomic E-state index is 0.00421. The van der Waals surface area contributed by atoms with Crippen LogP contribution in [0.25, 0.3) is 11.1 Å². The standard InChI is InChI=1S/C45H50F3N3O4/c1-4-6-33-23-34(25-41(52)43(33)53)32-8-5-7-29(21-32)28-51(37-13-11-36(12-14-37)45(46,47)48)38-16-19-50(20-17-38)27-30-15-18-49-40(22-30)35-24-39(31-9-10-31)44(55-3)42(26-35)54-2/h5,7-8,11-15,18,21-26,31,38,40,49,52-53H,4,6,9-10,16-17,19-20,27-28H2,1-3H3. The Morgan fingerprint density at radius 1 is 0.891 bits per heavy atom. The molecule has 290 valence electrons. The van der Waals surface area contributed by atoms with Crippen LogP contribution >= 0.6 is 0 Å². The van der Waals surface area contributed by atoms with Crippen molar-refractivity contribution in [2.45, 2.75) is 76.2 Å². The number of piperidine rings is 1. The van der Waals surface area contributed by atoms with Crippen LogP contribution in [0.1, 0.15) is 78.8 Å². The molecule has 55 heavy (non-hydrogen) atoms. The number of methoxy groups -OCH3 is 2. The maximum atomic E-state index is 13.6. The number of phenols is 2. The third kappa shape index (κ3) is 8.75. The molecule has 0 radical (unpaired) electrons. The topological polar surface area (TPSA) is 77.4 Å². The molecule has 0 amide bonds. The lowest BCUT2D eigenvalue weighted by atomic mass is 9.96. The van der Waals surface area contributed by atoms with Crippen LogP contribution in [0.5, 0.6) is 23.0 Å². The average Bonchev–Trinajstić information content (AvgIpc) is 4.04. The molecule has 10 heteroatoms. The molecule has 1 saturated heterocycles. The van der Waals surface area contributed by atoms with Gasteiger partial charge in [-0.2, -0.15) is 13.2 Å². The van der Waals surface area contributed by atoms with Gasteiger partial charge in [0.1, 0.15) is 0 Å². The number of aromatic hydroxyl groups is 2. The molecule has 4 aromatic carbocycles. The Bertz CT molecular complexity index is 2030. The Hall–Kier alpha value is -5.09. The summed E-state index contributed by atoms with van der Waals surface area (Å²) in [6, 6.07) is 21.4. The molecule has 1 aliphatic carbocycles. The van der Waals surface area contributed by atoms with Crippen LogP contribution in [0.2, 0.25) is 0 Å². The van der Waals surface area contributed by atoms with Crippen molar-refractivity contribution in [1.29, 1.82) is 0 Å². The number of likely N-dealkylation sites (tertiary alicyclic amines) is 1. The lowest BCUT2D eigenvalue weighted by Gasteiger charge is -2.40. The van der Waals surface area contributed by atoms with Crippen molar-refractivity contribution >= 4 is 5.69 Å². The minimum Gasteiger partial charge on any atom is -0.504 e. The van der Waals surface area contributed by atoms with Crippen LogP contribution < -0.4 is 19.7 Å². The van der Waals surface area contributed by atoms with E-state index in [1.165, 1.54) is 23.3 Å². The predicted molar refractivity (Wildman–Crippen MR) is 211 cm³/mol. The number of alkyl halides is 3. The summed E-state index contributed by atoms with van der Waals surface area (Å²) >= 11 is 0. The Kier molecular flexibility index (Phi) is 11.3. The van der Waals surface area contributed by atoms with Crippen LogP contribution in [-0.2, 0) is 19.1 Å². The molecule has 7 rings (SSSR count). The summed E-state index contributed by atoms with van der Waals surface area (Å²) in [5.74, 6) is 1.84. The number of dihydropyridines is 1. The van der Waals surface area contributed by atoms with E-state index in [1.54, 1.807) is 32.4 Å². The minimum atomic E-state index is -4.41. The number of anilines is 1. The molecule has 2 aliphatic heterocycles. The lowest BCUT2D eigenvalue weighted by Crippen LogP contribution is -2.45. The Morgan fingerprint density at radius 3 is 2.33 bits per heavy atom. The van der Waals surface area contributed by atoms with Gasteiger partial charge in [0.2, 0.25) is 0 Å². The van der Waals surface area contributed by atoms with E-state index in [-0.39, 0.29) is 23.6 Å². The summed E-state index contributed by atoms with van der Waals surface area (Å²) in [6.07, 6.45) is 7.50. The molecule has 3 aliphatic rings. The number of nitrogens with one attached hydrogen (secondary N) is 1. The van der Waals surface area contributed by atoms with Gasteiger partial charge in [0.05, 0.1) is 25.8 Å². The summed E-state index contributed by atoms with van der Waals surface area (Å²) < 4.78 is 52.1. The van der Waals surface area contributed by atoms with Crippen molar-refractivity contribution in [3.8, 4) is 34.1 Å². The molecule has 0 aromatic heterocycles. The van der Waals surface area contributed by atoms with Gasteiger partial charge in [-0.15, -0.1) is 0 Å². The van der Waals surface area contributed by atoms with Gasteiger partial charge >= 0.3 is 6.18 Å². The second-order valence-corrected chi connectivity index (χ2v) is 15.0. The van der Waals surface area contributed by atoms with Gasteiger partial charge < -0.3 is 29.9 Å². The highest BCUT2D eigenvalue weighted by molar-refractivity contribution is 5.69. The zero-order valence-electron chi connectivity index (χ0n) is 31.7. The number of ether oxygens (including phenoxy) is 2. The molecule has 1 atom stereocenters. The summed E-state index contributed by atoms with van der Waals surface area (Å²) in [5.41, 5.74) is 7.03. The van der Waals surface area contributed by atoms with E-state index in [0.29, 0.717) is 24.4 Å². The molecule has 2 fully saturated rings. The second kappa shape index (κ2) is 16.3. The van der Waals surface area contributed by atoms with E-state index in [2.05, 4.69) is 45.5 Å². The first-order valence-electron chi connectivity index (χ1n) is 19.2. The average molecular weight is 754 g/mol. The van der Waals surface area contributed by atoms with Crippen molar-refractivity contribution in [3.63, 3.8) is 0 Å². The summed E-state index contributed by atoms with van der Waals surface area (Å²) in [6.45, 7) is 5.02. The van der Waals surface area contributed by atoms with Gasteiger partial charge in [-0.3, -0.25) is 4.90 Å². The van der Waals surface area contributed by atoms with Crippen LogP contribution in [0.4, 0.5) is 18.9 Å². The first kappa shape index (κ1) is 38.2. The Labute approximate surface area is 321 Å². The van der Waals surface area contributed by atoms with Gasteiger partial charge in [0.15, 0.2) is 23.0 Å². The van der Waals surface area contributed by atoms with Crippen molar-refractivity contribution in [3.05, 3.63) is 125 Å². The molecule has 0 spiro atoms. The highest BCUT2D eigenvalue weighted by atomic mass is 19.4. The molecule has 1 unspecified atom stereocenters. The Morgan fingerprint density at radius 2 is 1.65 bits per heavy atom. The fraction of sp³-hybridized carbons (Fsp3) is 0.378. The summed E-state index contributed by atoms with van der Waals surface area (Å²) in [4.78, 5) is 4.69. The van der Waals surface area contributed by atoms with Gasteiger partial charge in [0.25, 0.3) is 0 Å². The summed E-state index contributed by atoms with van der Waals surface area (Å²) in [7, 11) is 3.38. The highest BCUT2D eigenvalue weighted by Crippen LogP contribution is 2.49. The zero-order chi connectivity index (χ0) is 38.7. The van der Waals surface area contributed by atoms with Gasteiger partial charge in [-0.1, -0.05) is 37.6 Å². The molecule has 1 saturated carbocycles. The SMILES string of the molecule is CCCc1cc(-c2cccc(CN(c3ccc(C(F)(F)F)cc3)C3CCN(CC4=CC(c5cc(OC)c(OC)c(C6CC6)c5)NC=C4)CC3)c2)cc(O)c1O. The first-order valence-corrected chi connectivity index (χ1v) is 19.2. The number of aryl methyl sites for hydroxylation is 1. The summed E-state index contributed by atoms with van der Waals surface area (Å²) in [5, 5.41) is 24.4. The van der Waals surface area contributed by atoms with E-state index in [9.17, 15) is 23.4 Å². The number of nitrogens with zero attached hydrogens (tertiary/aromatic N) is 2. The lowest BCUT2D eigenvalue weighted by molar-refractivity contribution is -0.137. The quantitative estimate of drug-likeness (QED) is 0.117. The highest BCUT2D eigenvalue weighted by Gasteiger charge is 2.32. The van der Waals surface area contributed by atoms with E-state index in [4.69, 9.17) is 9.47 Å². The molecule has 0 bridgehead atoms. The van der Waals surface area contributed by atoms with Crippen molar-refractivity contribution < 1.29 is 32.9 Å². The molecule has 2 heterocycles. The fourth-order valence-corrected chi connectivity index (χ4v) is 8.04. The smallest absolute Gasteiger partial charge is 0.416 e. The molecule has 4 aromatic rings. The van der Waals surface area contributed by atoms with Crippen LogP contribution in [0, 0.1) is 0 Å². The maximum absolute atomic E-state index is 13.6. The maximum Gasteiger partial charge on any atom is 0.416 e. The van der Waals surface area contributed by atoms with Crippen molar-refractivity contribution in [1.82, 2.24) is 10.2 Å². The molecular formula is C45H50F3N3O4. The number of hydrogen-bond donors (Lipinski definition) is 3. The normalized spacial score (nSPS) is 17.8. The number of rotatable bonds is 13. The van der Waals surface area contributed by atoms with Crippen molar-refractivity contribution in [2.24, 2.45) is 0 Å². The third-order valence-electron chi connectivity index (χ3n) is 11.1. The number of halogens is 3. The third-order valence-corrected chi connectivity index (χ3v) is 11.1. The van der Waals surface area contributed by atoms with Gasteiger partial charge in [-0.25, -0.2) is 0 Å². The van der Waals surface area contributed by atoms with E-state index in [0.717, 1.165) is 91.2 Å². The van der Waals surface area contributed by atoms with Crippen molar-refractivity contribution in [2.75, 3.05) is 38.8 Å². The van der Waals surface area contributed by atoms with E-state index < -0.39 is 11.7 Å². The van der Waals surface area contributed by atoms with Crippen LogP contribution in [-0.4, -0.2) is 55.0 Å². The Balaban J connectivity index is 1.08. The van der Waals surface area contributed by atoms with E-state index in [1.807, 2.05) is 37.4 Å². The van der Waals surface area contributed by atoms with Gasteiger partial charge in [-0.05, 0) is 138 Å². The van der Waals surface area contributed by atoms with Crippen LogP contribution in [0.3, 0.4) is 0 Å². The zero-order valence-corrected chi connectivity index (χ0v) is 31.7. The predicted octanol–water partition coefficient (Wildman–Crippen LogP) is 9.89. The number of benzene rings is 4. The van der Waals surface area contributed by atoms with Crippen LogP contribution in [0.15, 0.2) is 96.7 Å². The number of hydrogen-bond acceptors (Lipinski definition) is 7. The molecule has 3 N–H and O–H groups in total. The first-order chi connectivity index (χ1) is 26.5. The number of phenolic OH excluding ortho intramolecular Hbond substituents is 2. The fourth-order valence-electron chi connectivity index (χ4n) is 8.04. The molecule has 7 nitrogen and oxygen atoms in total. The monoisotopic (exact) mass is 753 g/mol. The molecular weight excluding hydrogens is 704 g/mol.